The maximum absolute atomic E-state index is 15.3. The molecule has 0 saturated carbocycles. The first-order valence-electron chi connectivity index (χ1n) is 16.1. The second kappa shape index (κ2) is 13.6. The number of fused-ring (bicyclic) bond motifs is 2. The number of piperidine rings is 1. The van der Waals surface area contributed by atoms with E-state index in [1.54, 1.807) is 52.8 Å². The van der Waals surface area contributed by atoms with Crippen LogP contribution >= 0.6 is 23.2 Å². The van der Waals surface area contributed by atoms with E-state index >= 15 is 9.18 Å². The van der Waals surface area contributed by atoms with Gasteiger partial charge in [0.1, 0.15) is 17.0 Å². The highest BCUT2D eigenvalue weighted by Gasteiger charge is 2.65. The minimum Gasteiger partial charge on any atom is -0.477 e. The molecular weight excluding hydrogens is 708 g/mol. The van der Waals surface area contributed by atoms with Crippen molar-refractivity contribution in [2.24, 2.45) is 5.92 Å². The van der Waals surface area contributed by atoms with Gasteiger partial charge >= 0.3 is 0 Å². The number of sulfonamides is 1. The lowest BCUT2D eigenvalue weighted by Crippen LogP contribution is -2.59. The van der Waals surface area contributed by atoms with E-state index in [1.165, 1.54) is 36.4 Å². The predicted molar refractivity (Wildman–Crippen MR) is 188 cm³/mol. The average molecular weight is 747 g/mol. The zero-order chi connectivity index (χ0) is 36.9. The molecule has 0 bridgehead atoms. The molecular formula is C36H38Cl2FN3O7S. The smallest absolute Gasteiger partial charge is 0.277 e. The van der Waals surface area contributed by atoms with E-state index in [-0.39, 0.29) is 46.3 Å². The van der Waals surface area contributed by atoms with Gasteiger partial charge in [-0.25, -0.2) is 22.4 Å². The Bertz CT molecular complexity index is 2020. The monoisotopic (exact) mass is 745 g/mol. The summed E-state index contributed by atoms with van der Waals surface area (Å²) < 4.78 is 47.8. The summed E-state index contributed by atoms with van der Waals surface area (Å²) >= 11 is 13.1. The van der Waals surface area contributed by atoms with Crippen LogP contribution in [0.1, 0.15) is 81.2 Å². The van der Waals surface area contributed by atoms with Crippen molar-refractivity contribution in [1.82, 2.24) is 10.0 Å². The average Bonchev–Trinajstić information content (AvgIpc) is 3.28. The molecule has 0 aromatic heterocycles. The van der Waals surface area contributed by atoms with Crippen molar-refractivity contribution in [3.8, 4) is 5.75 Å². The molecule has 1 fully saturated rings. The van der Waals surface area contributed by atoms with Crippen molar-refractivity contribution >= 4 is 62.5 Å². The Balaban J connectivity index is 1.86. The van der Waals surface area contributed by atoms with E-state index in [1.807, 2.05) is 4.72 Å². The first kappa shape index (κ1) is 37.3. The lowest BCUT2D eigenvalue weighted by Gasteiger charge is -2.47. The molecule has 2 heterocycles. The molecule has 10 nitrogen and oxygen atoms in total. The third-order valence-electron chi connectivity index (χ3n) is 9.66. The molecule has 3 aromatic carbocycles. The molecule has 1 saturated heterocycles. The molecule has 0 radical (unpaired) electrons. The Morgan fingerprint density at radius 1 is 1.04 bits per heavy atom. The number of hydrogen-bond acceptors (Lipinski definition) is 7. The maximum Gasteiger partial charge on any atom is 0.277 e. The number of halogens is 3. The molecule has 14 heteroatoms. The first-order chi connectivity index (χ1) is 23.4. The Labute approximate surface area is 300 Å². The fraction of sp³-hybridized carbons (Fsp3) is 0.389. The molecule has 4 amide bonds. The van der Waals surface area contributed by atoms with Crippen LogP contribution in [0.25, 0.3) is 0 Å². The summed E-state index contributed by atoms with van der Waals surface area (Å²) in [5, 5.41) is 3.42. The Hall–Kier alpha value is -4.00. The number of nitrogens with zero attached hydrogens (tertiary/aromatic N) is 1. The fourth-order valence-electron chi connectivity index (χ4n) is 7.14. The standard InChI is InChI=1S/C36H38Cl2FN3O7S/c1-7-35(8-2,33(45)41-50(6,47)48)49-29-14-11-21(37)15-25(29)27-18-30(43)40-31(24-17-23(39)12-9-20(24)5)36(27)26-13-10-22(38)16-28(26)42(34(36)46)32(44)19(3)4/h9-17,19,27,31H,7-8,18H2,1-6H3,(H,40,43)(H,41,45)/t27-,31+,36?/m1/s1. The molecule has 50 heavy (non-hydrogen) atoms. The number of nitrogens with one attached hydrogen (secondary N) is 2. The summed E-state index contributed by atoms with van der Waals surface area (Å²) in [4.78, 5) is 57.6. The van der Waals surface area contributed by atoms with Gasteiger partial charge in [-0.05, 0) is 78.9 Å². The quantitative estimate of drug-likeness (QED) is 0.264. The van der Waals surface area contributed by atoms with Gasteiger partial charge in [-0.3, -0.25) is 19.2 Å². The molecule has 3 aromatic rings. The van der Waals surface area contributed by atoms with Gasteiger partial charge in [-0.1, -0.05) is 63.0 Å². The molecule has 2 N–H and O–H groups in total. The number of anilines is 1. The van der Waals surface area contributed by atoms with Gasteiger partial charge in [0.25, 0.3) is 5.91 Å². The molecule has 1 unspecified atom stereocenters. The molecule has 3 atom stereocenters. The highest BCUT2D eigenvalue weighted by molar-refractivity contribution is 7.89. The van der Waals surface area contributed by atoms with Crippen molar-refractivity contribution in [2.45, 2.75) is 76.9 Å². The number of aryl methyl sites for hydroxylation is 1. The van der Waals surface area contributed by atoms with Crippen LogP contribution in [0.15, 0.2) is 54.6 Å². The van der Waals surface area contributed by atoms with Gasteiger partial charge in [0.2, 0.25) is 27.7 Å². The summed E-state index contributed by atoms with van der Waals surface area (Å²) in [5.74, 6) is -4.85. The largest absolute Gasteiger partial charge is 0.477 e. The van der Waals surface area contributed by atoms with Crippen LogP contribution in [0.3, 0.4) is 0 Å². The van der Waals surface area contributed by atoms with E-state index < -0.39 is 68.4 Å². The summed E-state index contributed by atoms with van der Waals surface area (Å²) in [6.07, 6.45) is 0.642. The van der Waals surface area contributed by atoms with Crippen molar-refractivity contribution in [1.29, 1.82) is 0 Å². The van der Waals surface area contributed by atoms with E-state index in [0.717, 1.165) is 11.2 Å². The summed E-state index contributed by atoms with van der Waals surface area (Å²) in [6.45, 7) is 8.35. The number of hydrogen-bond donors (Lipinski definition) is 2. The number of rotatable bonds is 9. The highest BCUT2D eigenvalue weighted by atomic mass is 35.5. The van der Waals surface area contributed by atoms with Crippen LogP contribution in [0.4, 0.5) is 10.1 Å². The van der Waals surface area contributed by atoms with Crippen LogP contribution in [0, 0.1) is 18.7 Å². The van der Waals surface area contributed by atoms with Crippen LogP contribution in [0.5, 0.6) is 5.75 Å². The normalized spacial score (nSPS) is 20.6. The van der Waals surface area contributed by atoms with Crippen molar-refractivity contribution in [3.63, 3.8) is 0 Å². The van der Waals surface area contributed by atoms with Crippen molar-refractivity contribution in [3.05, 3.63) is 92.7 Å². The fourth-order valence-corrected chi connectivity index (χ4v) is 8.01. The van der Waals surface area contributed by atoms with Crippen molar-refractivity contribution in [2.75, 3.05) is 11.2 Å². The van der Waals surface area contributed by atoms with Crippen molar-refractivity contribution < 1.29 is 36.7 Å². The van der Waals surface area contributed by atoms with E-state index in [9.17, 15) is 22.8 Å². The van der Waals surface area contributed by atoms with Crippen LogP contribution in [-0.4, -0.2) is 43.9 Å². The Kier molecular flexibility index (Phi) is 10.1. The minimum absolute atomic E-state index is 0.0469. The van der Waals surface area contributed by atoms with Gasteiger partial charge in [0.15, 0.2) is 5.60 Å². The first-order valence-corrected chi connectivity index (χ1v) is 18.8. The minimum atomic E-state index is -3.97. The van der Waals surface area contributed by atoms with Gasteiger partial charge in [-0.2, -0.15) is 0 Å². The number of imide groups is 1. The molecule has 2 aliphatic rings. The Morgan fingerprint density at radius 2 is 1.68 bits per heavy atom. The zero-order valence-corrected chi connectivity index (χ0v) is 30.7. The lowest BCUT2D eigenvalue weighted by molar-refractivity contribution is -0.137. The van der Waals surface area contributed by atoms with Crippen LogP contribution in [0.2, 0.25) is 10.0 Å². The van der Waals surface area contributed by atoms with Gasteiger partial charge in [0.05, 0.1) is 18.0 Å². The zero-order valence-electron chi connectivity index (χ0n) is 28.4. The second-order valence-electron chi connectivity index (χ2n) is 13.1. The number of carbonyl (C=O) groups is 4. The van der Waals surface area contributed by atoms with Crippen LogP contribution < -0.4 is 19.7 Å². The SMILES string of the molecule is CCC(CC)(Oc1ccc(Cl)cc1[C@H]1CC(=O)N[C@@H](c2cc(F)ccc2C)C12C(=O)N(C(=O)C(C)C)c1cc(Cl)ccc12)C(=O)NS(C)(=O)=O. The summed E-state index contributed by atoms with van der Waals surface area (Å²) in [6, 6.07) is 12.1. The van der Waals surface area contributed by atoms with E-state index in [0.29, 0.717) is 16.7 Å². The van der Waals surface area contributed by atoms with Gasteiger partial charge in [-0.15, -0.1) is 0 Å². The maximum atomic E-state index is 15.3. The van der Waals surface area contributed by atoms with E-state index in [2.05, 4.69) is 5.32 Å². The third-order valence-corrected chi connectivity index (χ3v) is 10.7. The third kappa shape index (κ3) is 6.37. The summed E-state index contributed by atoms with van der Waals surface area (Å²) in [5.41, 5.74) is -1.78. The second-order valence-corrected chi connectivity index (χ2v) is 15.7. The number of carbonyl (C=O) groups excluding carboxylic acids is 4. The lowest BCUT2D eigenvalue weighted by atomic mass is 9.58. The molecule has 266 valence electrons. The topological polar surface area (TPSA) is 139 Å². The molecule has 2 aliphatic heterocycles. The number of benzene rings is 3. The number of amides is 4. The molecule has 1 spiro atoms. The Morgan fingerprint density at radius 3 is 2.30 bits per heavy atom. The number of ether oxygens (including phenoxy) is 1. The molecule has 0 aliphatic carbocycles. The van der Waals surface area contributed by atoms with Gasteiger partial charge < -0.3 is 10.1 Å². The van der Waals surface area contributed by atoms with E-state index in [4.69, 9.17) is 27.9 Å². The van der Waals surface area contributed by atoms with Crippen LogP contribution in [-0.2, 0) is 34.6 Å². The summed E-state index contributed by atoms with van der Waals surface area (Å²) in [7, 11) is -3.97. The predicted octanol–water partition coefficient (Wildman–Crippen LogP) is 6.27. The molecule has 5 rings (SSSR count). The highest BCUT2D eigenvalue weighted by Crippen LogP contribution is 2.61. The van der Waals surface area contributed by atoms with Gasteiger partial charge in [0, 0.05) is 33.9 Å².